The highest BCUT2D eigenvalue weighted by Crippen LogP contribution is 2.40. The lowest BCUT2D eigenvalue weighted by Crippen LogP contribution is -1.96. The third-order valence-electron chi connectivity index (χ3n) is 4.47. The summed E-state index contributed by atoms with van der Waals surface area (Å²) in [7, 11) is 0. The van der Waals surface area contributed by atoms with Crippen molar-refractivity contribution in [2.45, 2.75) is 70.6 Å². The molecule has 0 amide bonds. The van der Waals surface area contributed by atoms with Crippen LogP contribution in [0.25, 0.3) is 0 Å². The van der Waals surface area contributed by atoms with E-state index < -0.39 is 0 Å². The third-order valence-corrected chi connectivity index (χ3v) is 4.47. The van der Waals surface area contributed by atoms with Gasteiger partial charge in [-0.2, -0.15) is 0 Å². The van der Waals surface area contributed by atoms with Gasteiger partial charge in [-0.15, -0.1) is 0 Å². The molecule has 0 radical (unpaired) electrons. The molecular formula is C17H25NO2. The van der Waals surface area contributed by atoms with Crippen LogP contribution < -0.4 is 0 Å². The maximum absolute atomic E-state index is 11.0. The minimum atomic E-state index is -0.230. The van der Waals surface area contributed by atoms with E-state index in [4.69, 9.17) is 0 Å². The molecule has 0 aliphatic heterocycles. The Hall–Kier alpha value is -1.38. The predicted molar refractivity (Wildman–Crippen MR) is 82.2 cm³/mol. The minimum absolute atomic E-state index is 0.230. The van der Waals surface area contributed by atoms with E-state index in [2.05, 4.69) is 13.0 Å². The van der Waals surface area contributed by atoms with E-state index in [0.29, 0.717) is 11.6 Å². The van der Waals surface area contributed by atoms with Crippen LogP contribution in [0.3, 0.4) is 0 Å². The number of hydrogen-bond acceptors (Lipinski definition) is 2. The van der Waals surface area contributed by atoms with Crippen LogP contribution >= 0.6 is 0 Å². The van der Waals surface area contributed by atoms with Crippen LogP contribution in [-0.2, 0) is 6.42 Å². The molecule has 3 heteroatoms. The van der Waals surface area contributed by atoms with Crippen molar-refractivity contribution in [2.24, 2.45) is 0 Å². The molecule has 1 aliphatic carbocycles. The van der Waals surface area contributed by atoms with Gasteiger partial charge in [-0.3, -0.25) is 10.1 Å². The number of fused-ring (bicyclic) bond motifs is 1. The van der Waals surface area contributed by atoms with E-state index in [1.54, 1.807) is 6.07 Å². The summed E-state index contributed by atoms with van der Waals surface area (Å²) in [6.45, 7) is 2.24. The molecule has 1 aromatic carbocycles. The molecule has 0 aromatic heterocycles. The minimum Gasteiger partial charge on any atom is -0.258 e. The molecule has 1 atom stereocenters. The van der Waals surface area contributed by atoms with Gasteiger partial charge in [0, 0.05) is 11.6 Å². The summed E-state index contributed by atoms with van der Waals surface area (Å²) in [5.41, 5.74) is 2.56. The highest BCUT2D eigenvalue weighted by Gasteiger charge is 2.28. The Morgan fingerprint density at radius 2 is 1.95 bits per heavy atom. The van der Waals surface area contributed by atoms with Gasteiger partial charge >= 0.3 is 0 Å². The second-order valence-electron chi connectivity index (χ2n) is 5.89. The topological polar surface area (TPSA) is 43.1 Å². The molecule has 20 heavy (non-hydrogen) atoms. The molecular weight excluding hydrogens is 250 g/mol. The fourth-order valence-electron chi connectivity index (χ4n) is 3.36. The van der Waals surface area contributed by atoms with Gasteiger partial charge in [0.25, 0.3) is 5.69 Å². The van der Waals surface area contributed by atoms with Crippen LogP contribution in [0.1, 0.15) is 75.3 Å². The Morgan fingerprint density at radius 3 is 2.70 bits per heavy atom. The van der Waals surface area contributed by atoms with Crippen molar-refractivity contribution in [3.63, 3.8) is 0 Å². The normalized spacial score (nSPS) is 17.1. The van der Waals surface area contributed by atoms with Gasteiger partial charge in [0.2, 0.25) is 0 Å². The highest BCUT2D eigenvalue weighted by molar-refractivity contribution is 5.49. The van der Waals surface area contributed by atoms with E-state index in [1.807, 2.05) is 6.07 Å². The van der Waals surface area contributed by atoms with Gasteiger partial charge in [-0.1, -0.05) is 57.6 Å². The standard InChI is InChI=1S/C17H25NO2/c1-2-3-4-5-6-7-9-14-12-13-16-15(14)10-8-11-17(16)18(19)20/h8,10-11,14H,2-7,9,12-13H2,1H3. The fraction of sp³-hybridized carbons (Fsp3) is 0.647. The van der Waals surface area contributed by atoms with Gasteiger partial charge in [0.15, 0.2) is 0 Å². The summed E-state index contributed by atoms with van der Waals surface area (Å²) in [4.78, 5) is 10.8. The van der Waals surface area contributed by atoms with E-state index in [1.165, 1.54) is 50.5 Å². The summed E-state index contributed by atoms with van der Waals surface area (Å²) in [6, 6.07) is 5.58. The van der Waals surface area contributed by atoms with Gasteiger partial charge in [-0.25, -0.2) is 0 Å². The van der Waals surface area contributed by atoms with Gasteiger partial charge in [0.05, 0.1) is 4.92 Å². The molecule has 0 N–H and O–H groups in total. The lowest BCUT2D eigenvalue weighted by Gasteiger charge is -2.11. The second-order valence-corrected chi connectivity index (χ2v) is 5.89. The van der Waals surface area contributed by atoms with Crippen LogP contribution in [0.2, 0.25) is 0 Å². The molecule has 0 saturated heterocycles. The SMILES string of the molecule is CCCCCCCCC1CCc2c1cccc2[N+](=O)[O-]. The molecule has 0 spiro atoms. The van der Waals surface area contributed by atoms with Crippen LogP contribution in [0.4, 0.5) is 5.69 Å². The quantitative estimate of drug-likeness (QED) is 0.363. The first-order valence-electron chi connectivity index (χ1n) is 8.00. The van der Waals surface area contributed by atoms with Gasteiger partial charge in [-0.05, 0) is 30.7 Å². The molecule has 0 saturated carbocycles. The Kier molecular flexibility index (Phi) is 5.57. The summed E-state index contributed by atoms with van der Waals surface area (Å²) in [6.07, 6.45) is 11.1. The third kappa shape index (κ3) is 3.59. The van der Waals surface area contributed by atoms with Crippen LogP contribution in [0.15, 0.2) is 18.2 Å². The van der Waals surface area contributed by atoms with E-state index in [0.717, 1.165) is 18.4 Å². The van der Waals surface area contributed by atoms with Crippen LogP contribution in [-0.4, -0.2) is 4.92 Å². The molecule has 1 aliphatic rings. The molecule has 0 fully saturated rings. The molecule has 1 aromatic rings. The van der Waals surface area contributed by atoms with Gasteiger partial charge in [0.1, 0.15) is 0 Å². The number of benzene rings is 1. The smallest absolute Gasteiger partial charge is 0.258 e. The van der Waals surface area contributed by atoms with Crippen molar-refractivity contribution < 1.29 is 4.92 Å². The largest absolute Gasteiger partial charge is 0.272 e. The summed E-state index contributed by atoms with van der Waals surface area (Å²) in [5, 5.41) is 11.0. The summed E-state index contributed by atoms with van der Waals surface area (Å²) in [5.74, 6) is 0.552. The van der Waals surface area contributed by atoms with Gasteiger partial charge < -0.3 is 0 Å². The number of unbranched alkanes of at least 4 members (excludes halogenated alkanes) is 5. The number of nitro groups is 1. The Morgan fingerprint density at radius 1 is 1.20 bits per heavy atom. The first-order chi connectivity index (χ1) is 9.74. The number of nitrogens with zero attached hydrogens (tertiary/aromatic N) is 1. The lowest BCUT2D eigenvalue weighted by molar-refractivity contribution is -0.385. The number of hydrogen-bond donors (Lipinski definition) is 0. The van der Waals surface area contributed by atoms with Crippen molar-refractivity contribution >= 4 is 5.69 Å². The van der Waals surface area contributed by atoms with Crippen molar-refractivity contribution in [3.05, 3.63) is 39.4 Å². The summed E-state index contributed by atoms with van der Waals surface area (Å²) >= 11 is 0. The van der Waals surface area contributed by atoms with Crippen LogP contribution in [0.5, 0.6) is 0 Å². The van der Waals surface area contributed by atoms with E-state index in [9.17, 15) is 10.1 Å². The Balaban J connectivity index is 1.86. The van der Waals surface area contributed by atoms with Crippen molar-refractivity contribution in [1.82, 2.24) is 0 Å². The number of nitro benzene ring substituents is 1. The molecule has 3 nitrogen and oxygen atoms in total. The number of rotatable bonds is 8. The first-order valence-corrected chi connectivity index (χ1v) is 8.00. The molecule has 0 heterocycles. The monoisotopic (exact) mass is 275 g/mol. The first kappa shape index (κ1) is 15.0. The predicted octanol–water partition coefficient (Wildman–Crippen LogP) is 5.38. The van der Waals surface area contributed by atoms with E-state index in [-0.39, 0.29) is 4.92 Å². The van der Waals surface area contributed by atoms with E-state index >= 15 is 0 Å². The molecule has 2 rings (SSSR count). The fourth-order valence-corrected chi connectivity index (χ4v) is 3.36. The molecule has 1 unspecified atom stereocenters. The van der Waals surface area contributed by atoms with Crippen molar-refractivity contribution in [1.29, 1.82) is 0 Å². The maximum atomic E-state index is 11.0. The zero-order valence-electron chi connectivity index (χ0n) is 12.4. The average molecular weight is 275 g/mol. The van der Waals surface area contributed by atoms with Crippen molar-refractivity contribution in [3.8, 4) is 0 Å². The highest BCUT2D eigenvalue weighted by atomic mass is 16.6. The lowest BCUT2D eigenvalue weighted by atomic mass is 9.94. The Bertz CT molecular complexity index is 456. The Labute approximate surface area is 121 Å². The molecule has 0 bridgehead atoms. The average Bonchev–Trinajstić information content (AvgIpc) is 2.85. The zero-order valence-corrected chi connectivity index (χ0v) is 12.4. The maximum Gasteiger partial charge on any atom is 0.272 e. The molecule has 110 valence electrons. The zero-order chi connectivity index (χ0) is 14.4. The second kappa shape index (κ2) is 7.41. The summed E-state index contributed by atoms with van der Waals surface area (Å²) < 4.78 is 0. The van der Waals surface area contributed by atoms with Crippen LogP contribution in [0, 0.1) is 10.1 Å². The van der Waals surface area contributed by atoms with Crippen molar-refractivity contribution in [2.75, 3.05) is 0 Å².